The average molecular weight is 619 g/mol. The lowest BCUT2D eigenvalue weighted by Crippen LogP contribution is -2.43. The number of benzene rings is 3. The number of carbonyl (C=O) groups is 1. The predicted molar refractivity (Wildman–Crippen MR) is 173 cm³/mol. The Morgan fingerprint density at radius 1 is 0.935 bits per heavy atom. The van der Waals surface area contributed by atoms with Crippen molar-refractivity contribution in [2.75, 3.05) is 7.11 Å². The molecule has 0 spiro atoms. The number of hydrogen-bond acceptors (Lipinski definition) is 8. The molecule has 6 aromatic rings. The molecule has 12 heteroatoms. The zero-order valence-corrected chi connectivity index (χ0v) is 25.9. The summed E-state index contributed by atoms with van der Waals surface area (Å²) in [4.78, 5) is 45.3. The molecule has 1 unspecified atom stereocenters. The third-order valence-corrected chi connectivity index (χ3v) is 8.21. The van der Waals surface area contributed by atoms with Gasteiger partial charge in [0, 0.05) is 18.5 Å². The molecule has 1 N–H and O–H groups in total. The van der Waals surface area contributed by atoms with Crippen LogP contribution in [0.5, 0.6) is 0 Å². The van der Waals surface area contributed by atoms with Crippen LogP contribution in [-0.2, 0) is 29.0 Å². The van der Waals surface area contributed by atoms with Crippen molar-refractivity contribution in [2.45, 2.75) is 52.2 Å². The van der Waals surface area contributed by atoms with Gasteiger partial charge in [0.1, 0.15) is 12.4 Å². The number of imidazole rings is 1. The number of hydrogen-bond donors (Lipinski definition) is 1. The van der Waals surface area contributed by atoms with Crippen molar-refractivity contribution in [3.8, 4) is 22.5 Å². The number of nitrogens with zero attached hydrogens (tertiary/aromatic N) is 7. The van der Waals surface area contributed by atoms with Crippen LogP contribution in [0.4, 0.5) is 0 Å². The molecule has 0 aliphatic carbocycles. The molecule has 3 aromatic heterocycles. The van der Waals surface area contributed by atoms with Crippen LogP contribution in [-0.4, -0.2) is 52.4 Å². The number of aryl methyl sites for hydroxylation is 1. The fourth-order valence-corrected chi connectivity index (χ4v) is 5.75. The summed E-state index contributed by atoms with van der Waals surface area (Å²) in [5.74, 6) is 0.585. The van der Waals surface area contributed by atoms with Gasteiger partial charge in [0.15, 0.2) is 17.0 Å². The molecule has 0 fully saturated rings. The van der Waals surface area contributed by atoms with E-state index in [4.69, 9.17) is 9.72 Å². The number of unbranched alkanes of at least 4 members (excludes halogenated alkanes) is 1. The van der Waals surface area contributed by atoms with E-state index in [-0.39, 0.29) is 5.52 Å². The maximum absolute atomic E-state index is 14.1. The maximum Gasteiger partial charge on any atom is 0.333 e. The Hall–Kier alpha value is -5.65. The molecule has 12 nitrogen and oxygen atoms in total. The van der Waals surface area contributed by atoms with E-state index in [1.54, 1.807) is 0 Å². The Bertz CT molecular complexity index is 2100. The first-order valence-electron chi connectivity index (χ1n) is 15.2. The highest BCUT2D eigenvalue weighted by Gasteiger charge is 2.26. The van der Waals surface area contributed by atoms with Crippen molar-refractivity contribution in [2.24, 2.45) is 0 Å². The highest BCUT2D eigenvalue weighted by molar-refractivity contribution is 5.80. The first-order chi connectivity index (χ1) is 22.4. The van der Waals surface area contributed by atoms with Crippen molar-refractivity contribution in [1.82, 2.24) is 39.3 Å². The number of methoxy groups -OCH3 is 1. The Labute approximate surface area is 264 Å². The van der Waals surface area contributed by atoms with Crippen LogP contribution in [0.1, 0.15) is 49.7 Å². The van der Waals surface area contributed by atoms with E-state index >= 15 is 0 Å². The van der Waals surface area contributed by atoms with Crippen LogP contribution in [0.15, 0.2) is 88.5 Å². The quantitative estimate of drug-likeness (QED) is 0.211. The average Bonchev–Trinajstić information content (AvgIpc) is 3.75. The minimum atomic E-state index is -0.688. The molecule has 3 heterocycles. The van der Waals surface area contributed by atoms with Crippen molar-refractivity contribution < 1.29 is 9.53 Å². The van der Waals surface area contributed by atoms with Gasteiger partial charge in [-0.05, 0) is 46.0 Å². The van der Waals surface area contributed by atoms with E-state index in [2.05, 4.69) is 27.5 Å². The lowest BCUT2D eigenvalue weighted by molar-refractivity contribution is -0.141. The second-order valence-electron chi connectivity index (χ2n) is 11.1. The summed E-state index contributed by atoms with van der Waals surface area (Å²) in [5.41, 5.74) is 3.99. The molecule has 0 amide bonds. The lowest BCUT2D eigenvalue weighted by Gasteiger charge is -2.18. The van der Waals surface area contributed by atoms with Crippen molar-refractivity contribution in [3.63, 3.8) is 0 Å². The van der Waals surface area contributed by atoms with Crippen LogP contribution < -0.4 is 11.2 Å². The lowest BCUT2D eigenvalue weighted by atomic mass is 9.98. The summed E-state index contributed by atoms with van der Waals surface area (Å²) in [6.45, 7) is 3.82. The predicted octanol–water partition coefficient (Wildman–Crippen LogP) is 4.38. The third kappa shape index (κ3) is 5.76. The number of tetrazole rings is 1. The summed E-state index contributed by atoms with van der Waals surface area (Å²) in [6.07, 6.45) is 2.40. The number of ether oxygens (including phenoxy) is 1. The van der Waals surface area contributed by atoms with Crippen LogP contribution in [0.2, 0.25) is 0 Å². The van der Waals surface area contributed by atoms with Gasteiger partial charge in [0.05, 0.1) is 13.2 Å². The SMILES string of the molecule is CCCCc1nc2c(c(=O)n(CC(=O)OC)c(=O)n2C(C)c2ccccc2)n1Cc1ccc(-c2ccccc2-c2nnn[nH]2)cc1. The van der Waals surface area contributed by atoms with Gasteiger partial charge in [-0.25, -0.2) is 19.4 Å². The number of aromatic amines is 1. The van der Waals surface area contributed by atoms with Crippen LogP contribution in [0.25, 0.3) is 33.7 Å². The molecule has 46 heavy (non-hydrogen) atoms. The normalized spacial score (nSPS) is 12.0. The number of H-pyrrole nitrogens is 1. The molecule has 6 rings (SSSR count). The molecular weight excluding hydrogens is 584 g/mol. The zero-order valence-electron chi connectivity index (χ0n) is 25.9. The fraction of sp³-hybridized carbons (Fsp3) is 0.265. The molecule has 1 atom stereocenters. The minimum absolute atomic E-state index is 0.268. The van der Waals surface area contributed by atoms with Gasteiger partial charge in [0.2, 0.25) is 0 Å². The smallest absolute Gasteiger partial charge is 0.333 e. The Morgan fingerprint density at radius 2 is 1.65 bits per heavy atom. The summed E-state index contributed by atoms with van der Waals surface area (Å²) in [6, 6.07) is 25.0. The van der Waals surface area contributed by atoms with Crippen LogP contribution >= 0.6 is 0 Å². The highest BCUT2D eigenvalue weighted by Crippen LogP contribution is 2.30. The Kier molecular flexibility index (Phi) is 8.68. The van der Waals surface area contributed by atoms with Crippen LogP contribution in [0, 0.1) is 0 Å². The van der Waals surface area contributed by atoms with Gasteiger partial charge in [-0.2, -0.15) is 0 Å². The molecule has 0 radical (unpaired) electrons. The van der Waals surface area contributed by atoms with E-state index in [0.717, 1.165) is 45.2 Å². The van der Waals surface area contributed by atoms with Gasteiger partial charge < -0.3 is 9.30 Å². The van der Waals surface area contributed by atoms with E-state index in [9.17, 15) is 14.4 Å². The molecule has 0 bridgehead atoms. The van der Waals surface area contributed by atoms with Gasteiger partial charge >= 0.3 is 11.7 Å². The maximum atomic E-state index is 14.1. The first kappa shape index (κ1) is 30.4. The molecule has 0 aliphatic rings. The number of fused-ring (bicyclic) bond motifs is 1. The van der Waals surface area contributed by atoms with E-state index in [0.29, 0.717) is 30.3 Å². The second-order valence-corrected chi connectivity index (χ2v) is 11.1. The van der Waals surface area contributed by atoms with Crippen LogP contribution in [0.3, 0.4) is 0 Å². The number of nitrogens with one attached hydrogen (secondary N) is 1. The minimum Gasteiger partial charge on any atom is -0.468 e. The Balaban J connectivity index is 1.49. The Morgan fingerprint density at radius 3 is 2.33 bits per heavy atom. The molecule has 234 valence electrons. The largest absolute Gasteiger partial charge is 0.468 e. The summed E-state index contributed by atoms with van der Waals surface area (Å²) >= 11 is 0. The second kappa shape index (κ2) is 13.1. The van der Waals surface area contributed by atoms with Crippen molar-refractivity contribution in [1.29, 1.82) is 0 Å². The molecule has 0 aliphatic heterocycles. The molecule has 0 saturated heterocycles. The number of rotatable bonds is 11. The summed E-state index contributed by atoms with van der Waals surface area (Å²) in [5, 5.41) is 14.3. The summed E-state index contributed by atoms with van der Waals surface area (Å²) < 4.78 is 9.20. The summed E-state index contributed by atoms with van der Waals surface area (Å²) in [7, 11) is 1.23. The number of aromatic nitrogens is 8. The highest BCUT2D eigenvalue weighted by atomic mass is 16.5. The van der Waals surface area contributed by atoms with Gasteiger partial charge in [0.25, 0.3) is 5.56 Å². The van der Waals surface area contributed by atoms with E-state index in [1.165, 1.54) is 11.7 Å². The number of carbonyl (C=O) groups excluding carboxylic acids is 1. The molecular formula is C34H34N8O4. The monoisotopic (exact) mass is 618 g/mol. The topological polar surface area (TPSA) is 143 Å². The van der Waals surface area contributed by atoms with Crippen molar-refractivity contribution in [3.05, 3.63) is 117 Å². The zero-order chi connectivity index (χ0) is 32.2. The van der Waals surface area contributed by atoms with E-state index < -0.39 is 29.8 Å². The van der Waals surface area contributed by atoms with E-state index in [1.807, 2.05) is 90.4 Å². The van der Waals surface area contributed by atoms with Gasteiger partial charge in [-0.3, -0.25) is 14.2 Å². The third-order valence-electron chi connectivity index (χ3n) is 8.21. The first-order valence-corrected chi connectivity index (χ1v) is 15.2. The van der Waals surface area contributed by atoms with Gasteiger partial charge in [-0.1, -0.05) is 92.2 Å². The van der Waals surface area contributed by atoms with Gasteiger partial charge in [-0.15, -0.1) is 5.10 Å². The van der Waals surface area contributed by atoms with Crippen molar-refractivity contribution >= 4 is 17.1 Å². The molecule has 0 saturated carbocycles. The standard InChI is InChI=1S/C34H34N8O4/c1-4-5-15-28-35-32-30(33(44)41(21-29(43)46-3)34(45)42(32)22(2)24-11-7-6-8-12-24)40(28)20-23-16-18-25(19-17-23)26-13-9-10-14-27(26)31-36-38-39-37-31/h6-14,16-19,22H,4-5,15,20-21H2,1-3H3,(H,36,37,38,39). The number of esters is 1. The fourth-order valence-electron chi connectivity index (χ4n) is 5.75. The molecule has 3 aromatic carbocycles.